The third-order valence-electron chi connectivity index (χ3n) is 1.86. The van der Waals surface area contributed by atoms with E-state index in [2.05, 4.69) is 0 Å². The second-order valence-corrected chi connectivity index (χ2v) is 2.92. The number of benzene rings is 1. The van der Waals surface area contributed by atoms with E-state index in [0.29, 0.717) is 13.0 Å². The first kappa shape index (κ1) is 10.8. The second-order valence-electron chi connectivity index (χ2n) is 2.92. The Labute approximate surface area is 83.6 Å². The van der Waals surface area contributed by atoms with Crippen molar-refractivity contribution in [3.63, 3.8) is 0 Å². The number of unbranched alkanes of at least 4 members (excludes halogenated alkanes) is 1. The number of ether oxygens (including phenoxy) is 2. The van der Waals surface area contributed by atoms with Gasteiger partial charge in [0.1, 0.15) is 11.5 Å². The number of rotatable bonds is 6. The maximum atomic E-state index is 11.7. The van der Waals surface area contributed by atoms with Gasteiger partial charge in [-0.25, -0.2) is 0 Å². The van der Waals surface area contributed by atoms with Crippen molar-refractivity contribution in [2.24, 2.45) is 0 Å². The van der Waals surface area contributed by atoms with Gasteiger partial charge < -0.3 is 9.47 Å². The Kier molecular flexibility index (Phi) is 4.83. The van der Waals surface area contributed by atoms with Gasteiger partial charge in [-0.3, -0.25) is 4.39 Å². The first-order valence-electron chi connectivity index (χ1n) is 4.69. The van der Waals surface area contributed by atoms with Crippen LogP contribution in [0.2, 0.25) is 0 Å². The Bertz CT molecular complexity index is 246. The molecular formula is C11H15FO2. The minimum atomic E-state index is -0.272. The third kappa shape index (κ3) is 3.64. The highest BCUT2D eigenvalue weighted by Crippen LogP contribution is 2.17. The van der Waals surface area contributed by atoms with Gasteiger partial charge >= 0.3 is 0 Å². The smallest absolute Gasteiger partial charge is 0.119 e. The summed E-state index contributed by atoms with van der Waals surface area (Å²) in [6.45, 7) is 0.294. The molecule has 0 aliphatic heterocycles. The van der Waals surface area contributed by atoms with Crippen molar-refractivity contribution in [1.29, 1.82) is 0 Å². The van der Waals surface area contributed by atoms with E-state index in [1.807, 2.05) is 24.3 Å². The number of methoxy groups -OCH3 is 1. The molecule has 0 saturated heterocycles. The summed E-state index contributed by atoms with van der Waals surface area (Å²) in [5.41, 5.74) is 0. The standard InChI is InChI=1S/C11H15FO2/c1-13-10-4-6-11(7-5-10)14-9-3-2-8-12/h4-7H,2-3,8-9H2,1H3. The van der Waals surface area contributed by atoms with Crippen LogP contribution in [-0.4, -0.2) is 20.4 Å². The largest absolute Gasteiger partial charge is 0.497 e. The zero-order valence-electron chi connectivity index (χ0n) is 8.33. The molecule has 14 heavy (non-hydrogen) atoms. The van der Waals surface area contributed by atoms with E-state index in [1.165, 1.54) is 0 Å². The molecule has 0 atom stereocenters. The predicted molar refractivity (Wildman–Crippen MR) is 53.7 cm³/mol. The van der Waals surface area contributed by atoms with Gasteiger partial charge in [0.15, 0.2) is 0 Å². The highest BCUT2D eigenvalue weighted by atomic mass is 19.1. The summed E-state index contributed by atoms with van der Waals surface area (Å²) in [6.07, 6.45) is 1.32. The molecule has 2 nitrogen and oxygen atoms in total. The average Bonchev–Trinajstić information content (AvgIpc) is 2.25. The lowest BCUT2D eigenvalue weighted by Crippen LogP contribution is -1.97. The van der Waals surface area contributed by atoms with Crippen LogP contribution in [0.25, 0.3) is 0 Å². The highest BCUT2D eigenvalue weighted by molar-refractivity contribution is 5.30. The fourth-order valence-electron chi connectivity index (χ4n) is 1.06. The molecule has 0 heterocycles. The van der Waals surface area contributed by atoms with Crippen LogP contribution >= 0.6 is 0 Å². The maximum absolute atomic E-state index is 11.7. The van der Waals surface area contributed by atoms with Gasteiger partial charge in [0.05, 0.1) is 20.4 Å². The molecule has 3 heteroatoms. The topological polar surface area (TPSA) is 18.5 Å². The lowest BCUT2D eigenvalue weighted by molar-refractivity contribution is 0.297. The summed E-state index contributed by atoms with van der Waals surface area (Å²) in [5, 5.41) is 0. The van der Waals surface area contributed by atoms with Crippen LogP contribution < -0.4 is 9.47 Å². The van der Waals surface area contributed by atoms with Crippen LogP contribution in [-0.2, 0) is 0 Å². The van der Waals surface area contributed by atoms with E-state index < -0.39 is 0 Å². The molecule has 0 bridgehead atoms. The molecule has 0 fully saturated rings. The molecule has 0 aliphatic rings. The van der Waals surface area contributed by atoms with E-state index in [9.17, 15) is 4.39 Å². The highest BCUT2D eigenvalue weighted by Gasteiger charge is 1.94. The number of halogens is 1. The van der Waals surface area contributed by atoms with Crippen molar-refractivity contribution in [2.75, 3.05) is 20.4 Å². The Balaban J connectivity index is 2.29. The molecule has 0 spiro atoms. The van der Waals surface area contributed by atoms with Gasteiger partial charge in [-0.05, 0) is 37.1 Å². The molecule has 1 aromatic carbocycles. The summed E-state index contributed by atoms with van der Waals surface area (Å²) < 4.78 is 22.1. The molecule has 1 aromatic rings. The predicted octanol–water partition coefficient (Wildman–Crippen LogP) is 2.82. The molecule has 1 rings (SSSR count). The number of alkyl halides is 1. The fraction of sp³-hybridized carbons (Fsp3) is 0.455. The van der Waals surface area contributed by atoms with Crippen LogP contribution in [0.3, 0.4) is 0 Å². The van der Waals surface area contributed by atoms with Crippen molar-refractivity contribution < 1.29 is 13.9 Å². The lowest BCUT2D eigenvalue weighted by Gasteiger charge is -2.05. The molecule has 0 unspecified atom stereocenters. The average molecular weight is 198 g/mol. The zero-order valence-corrected chi connectivity index (χ0v) is 8.33. The van der Waals surface area contributed by atoms with E-state index in [0.717, 1.165) is 17.9 Å². The Morgan fingerprint density at radius 2 is 1.71 bits per heavy atom. The second kappa shape index (κ2) is 6.24. The van der Waals surface area contributed by atoms with Crippen LogP contribution in [0.5, 0.6) is 11.5 Å². The molecule has 0 aromatic heterocycles. The van der Waals surface area contributed by atoms with Crippen LogP contribution in [0, 0.1) is 0 Å². The van der Waals surface area contributed by atoms with Crippen LogP contribution in [0.4, 0.5) is 4.39 Å². The monoisotopic (exact) mass is 198 g/mol. The first-order valence-corrected chi connectivity index (χ1v) is 4.69. The van der Waals surface area contributed by atoms with Crippen molar-refractivity contribution in [1.82, 2.24) is 0 Å². The minimum Gasteiger partial charge on any atom is -0.497 e. The van der Waals surface area contributed by atoms with E-state index >= 15 is 0 Å². The normalized spacial score (nSPS) is 9.86. The Morgan fingerprint density at radius 1 is 1.07 bits per heavy atom. The number of hydrogen-bond acceptors (Lipinski definition) is 2. The fourth-order valence-corrected chi connectivity index (χ4v) is 1.06. The quantitative estimate of drug-likeness (QED) is 0.654. The van der Waals surface area contributed by atoms with Crippen molar-refractivity contribution in [2.45, 2.75) is 12.8 Å². The first-order chi connectivity index (χ1) is 6.86. The molecule has 0 aliphatic carbocycles. The lowest BCUT2D eigenvalue weighted by atomic mass is 10.3. The SMILES string of the molecule is COc1ccc(OCCCCF)cc1. The molecule has 0 N–H and O–H groups in total. The van der Waals surface area contributed by atoms with E-state index in [4.69, 9.17) is 9.47 Å². The molecule has 0 radical (unpaired) electrons. The Morgan fingerprint density at radius 3 is 2.29 bits per heavy atom. The molecule has 78 valence electrons. The maximum Gasteiger partial charge on any atom is 0.119 e. The summed E-state index contributed by atoms with van der Waals surface area (Å²) in [4.78, 5) is 0. The van der Waals surface area contributed by atoms with Crippen LogP contribution in [0.1, 0.15) is 12.8 Å². The van der Waals surface area contributed by atoms with Crippen molar-refractivity contribution >= 4 is 0 Å². The summed E-state index contributed by atoms with van der Waals surface area (Å²) in [6, 6.07) is 7.36. The van der Waals surface area contributed by atoms with Gasteiger partial charge in [-0.1, -0.05) is 0 Å². The van der Waals surface area contributed by atoms with Crippen molar-refractivity contribution in [3.05, 3.63) is 24.3 Å². The van der Waals surface area contributed by atoms with Gasteiger partial charge in [-0.2, -0.15) is 0 Å². The van der Waals surface area contributed by atoms with Gasteiger partial charge in [0, 0.05) is 0 Å². The number of hydrogen-bond donors (Lipinski definition) is 0. The zero-order chi connectivity index (χ0) is 10.2. The molecule has 0 amide bonds. The summed E-state index contributed by atoms with van der Waals surface area (Å²) >= 11 is 0. The summed E-state index contributed by atoms with van der Waals surface area (Å²) in [5.74, 6) is 1.60. The van der Waals surface area contributed by atoms with Crippen LogP contribution in [0.15, 0.2) is 24.3 Å². The Hall–Kier alpha value is -1.25. The molecule has 0 saturated carbocycles. The van der Waals surface area contributed by atoms with Gasteiger partial charge in [0.25, 0.3) is 0 Å². The third-order valence-corrected chi connectivity index (χ3v) is 1.86. The van der Waals surface area contributed by atoms with E-state index in [-0.39, 0.29) is 6.67 Å². The van der Waals surface area contributed by atoms with Gasteiger partial charge in [0.2, 0.25) is 0 Å². The minimum absolute atomic E-state index is 0.272. The molecular weight excluding hydrogens is 183 g/mol. The summed E-state index contributed by atoms with van der Waals surface area (Å²) in [7, 11) is 1.62. The van der Waals surface area contributed by atoms with E-state index in [1.54, 1.807) is 7.11 Å². The van der Waals surface area contributed by atoms with Gasteiger partial charge in [-0.15, -0.1) is 0 Å². The van der Waals surface area contributed by atoms with Crippen molar-refractivity contribution in [3.8, 4) is 11.5 Å².